The lowest BCUT2D eigenvalue weighted by molar-refractivity contribution is 0.246. The summed E-state index contributed by atoms with van der Waals surface area (Å²) in [5.74, 6) is 1.15. The van der Waals surface area contributed by atoms with Crippen LogP contribution in [0, 0.1) is 27.7 Å². The van der Waals surface area contributed by atoms with E-state index in [-0.39, 0.29) is 0 Å². The summed E-state index contributed by atoms with van der Waals surface area (Å²) < 4.78 is 4.46. The fourth-order valence-electron chi connectivity index (χ4n) is 4.89. The molecule has 4 aromatic rings. The van der Waals surface area contributed by atoms with Crippen molar-refractivity contribution in [2.45, 2.75) is 34.2 Å². The minimum atomic E-state index is 0.949. The van der Waals surface area contributed by atoms with Crippen molar-refractivity contribution < 1.29 is 0 Å². The molecule has 0 bridgehead atoms. The molecule has 0 radical (unpaired) electrons. The Morgan fingerprint density at radius 1 is 0.812 bits per heavy atom. The monoisotopic (exact) mass is 428 g/mol. The van der Waals surface area contributed by atoms with E-state index in [4.69, 9.17) is 10.1 Å². The largest absolute Gasteiger partial charge is 0.354 e. The zero-order valence-corrected chi connectivity index (χ0v) is 19.5. The van der Waals surface area contributed by atoms with Crippen LogP contribution < -0.4 is 4.90 Å². The Morgan fingerprint density at radius 3 is 2.19 bits per heavy atom. The van der Waals surface area contributed by atoms with Gasteiger partial charge in [-0.3, -0.25) is 4.90 Å². The molecule has 6 nitrogen and oxygen atoms in total. The lowest BCUT2D eigenvalue weighted by atomic mass is 10.1. The minimum absolute atomic E-state index is 0.949. The zero-order chi connectivity index (χ0) is 22.2. The van der Waals surface area contributed by atoms with Crippen LogP contribution in [-0.4, -0.2) is 56.8 Å². The quantitative estimate of drug-likeness (QED) is 0.476. The van der Waals surface area contributed by atoms with Gasteiger partial charge in [0.25, 0.3) is 0 Å². The topological polar surface area (TPSA) is 41.6 Å². The van der Waals surface area contributed by atoms with E-state index in [1.54, 1.807) is 0 Å². The van der Waals surface area contributed by atoms with Gasteiger partial charge in [0.05, 0.1) is 5.69 Å². The van der Waals surface area contributed by atoms with E-state index in [9.17, 15) is 0 Å². The molecule has 6 heteroatoms. The Morgan fingerprint density at radius 2 is 1.50 bits per heavy atom. The van der Waals surface area contributed by atoms with Crippen molar-refractivity contribution in [1.82, 2.24) is 24.1 Å². The highest BCUT2D eigenvalue weighted by Gasteiger charge is 2.22. The molecule has 1 fully saturated rings. The maximum Gasteiger partial charge on any atom is 0.165 e. The zero-order valence-electron chi connectivity index (χ0n) is 19.5. The summed E-state index contributed by atoms with van der Waals surface area (Å²) in [5, 5.41) is 4.91. The fraction of sp³-hybridized carbons (Fsp3) is 0.385. The molecule has 0 amide bonds. The lowest BCUT2D eigenvalue weighted by Gasteiger charge is -2.36. The average Bonchev–Trinajstić information content (AvgIpc) is 3.30. The number of benzene rings is 1. The van der Waals surface area contributed by atoms with Gasteiger partial charge in [-0.1, -0.05) is 30.3 Å². The van der Waals surface area contributed by atoms with Crippen LogP contribution in [0.2, 0.25) is 0 Å². The Hall–Kier alpha value is -3.12. The van der Waals surface area contributed by atoms with Gasteiger partial charge in [0.15, 0.2) is 5.65 Å². The molecule has 1 aliphatic rings. The maximum atomic E-state index is 4.91. The molecule has 32 heavy (non-hydrogen) atoms. The molecule has 1 aromatic carbocycles. The molecule has 0 saturated carbocycles. The molecule has 0 spiro atoms. The second-order valence-electron chi connectivity index (χ2n) is 8.91. The number of hydrogen-bond donors (Lipinski definition) is 0. The first-order valence-electron chi connectivity index (χ1n) is 11.5. The molecule has 0 N–H and O–H groups in total. The third-order valence-electron chi connectivity index (χ3n) is 6.69. The summed E-state index contributed by atoms with van der Waals surface area (Å²) in [6.45, 7) is 14.8. The van der Waals surface area contributed by atoms with Crippen molar-refractivity contribution in [1.29, 1.82) is 0 Å². The van der Waals surface area contributed by atoms with E-state index < -0.39 is 0 Å². The van der Waals surface area contributed by atoms with Crippen molar-refractivity contribution in [3.05, 3.63) is 71.3 Å². The molecule has 5 rings (SSSR count). The summed E-state index contributed by atoms with van der Waals surface area (Å²) in [6, 6.07) is 17.1. The molecule has 3 aromatic heterocycles. The van der Waals surface area contributed by atoms with E-state index in [0.717, 1.165) is 67.7 Å². The van der Waals surface area contributed by atoms with Gasteiger partial charge in [0.2, 0.25) is 0 Å². The Kier molecular flexibility index (Phi) is 5.47. The number of piperazine rings is 1. The number of fused-ring (bicyclic) bond motifs is 1. The van der Waals surface area contributed by atoms with Crippen LogP contribution >= 0.6 is 0 Å². The smallest absolute Gasteiger partial charge is 0.165 e. The van der Waals surface area contributed by atoms with Gasteiger partial charge in [-0.2, -0.15) is 9.61 Å². The highest BCUT2D eigenvalue weighted by atomic mass is 15.4. The average molecular weight is 429 g/mol. The minimum Gasteiger partial charge on any atom is -0.354 e. The molecule has 4 heterocycles. The van der Waals surface area contributed by atoms with Crippen LogP contribution in [0.1, 0.15) is 22.8 Å². The van der Waals surface area contributed by atoms with Crippen LogP contribution in [0.25, 0.3) is 16.8 Å². The Labute approximate surface area is 190 Å². The first-order valence-corrected chi connectivity index (χ1v) is 11.5. The van der Waals surface area contributed by atoms with Gasteiger partial charge in [0.1, 0.15) is 5.82 Å². The predicted molar refractivity (Wildman–Crippen MR) is 130 cm³/mol. The molecule has 0 unspecified atom stereocenters. The molecular formula is C26H32N6. The molecule has 1 aliphatic heterocycles. The van der Waals surface area contributed by atoms with Gasteiger partial charge in [0, 0.05) is 68.0 Å². The first kappa shape index (κ1) is 20.8. The van der Waals surface area contributed by atoms with Gasteiger partial charge >= 0.3 is 0 Å². The van der Waals surface area contributed by atoms with Crippen molar-refractivity contribution in [2.75, 3.05) is 37.6 Å². The van der Waals surface area contributed by atoms with Crippen molar-refractivity contribution in [3.8, 4) is 11.1 Å². The number of nitrogens with zero attached hydrogens (tertiary/aromatic N) is 6. The summed E-state index contributed by atoms with van der Waals surface area (Å²) in [6.07, 6.45) is 0. The van der Waals surface area contributed by atoms with E-state index in [1.165, 1.54) is 17.0 Å². The summed E-state index contributed by atoms with van der Waals surface area (Å²) in [4.78, 5) is 9.92. The number of anilines is 1. The van der Waals surface area contributed by atoms with Gasteiger partial charge < -0.3 is 9.47 Å². The van der Waals surface area contributed by atoms with Crippen LogP contribution in [0.3, 0.4) is 0 Å². The lowest BCUT2D eigenvalue weighted by Crippen LogP contribution is -2.48. The van der Waals surface area contributed by atoms with Gasteiger partial charge in [-0.25, -0.2) is 4.98 Å². The number of aryl methyl sites for hydroxylation is 4. The standard InChI is InChI=1S/C26H32N6/c1-19-18-24(32-26(27-19)25(22(4)28-32)23-8-6-5-7-9-23)30-15-12-29(13-16-30)14-17-31-20(2)10-11-21(31)3/h5-11,18H,12-17H2,1-4H3. The summed E-state index contributed by atoms with van der Waals surface area (Å²) >= 11 is 0. The SMILES string of the molecule is Cc1cc(N2CCN(CCn3c(C)ccc3C)CC2)n2nc(C)c(-c3ccccc3)c2n1. The molecule has 0 atom stereocenters. The highest BCUT2D eigenvalue weighted by molar-refractivity contribution is 5.81. The van der Waals surface area contributed by atoms with E-state index in [2.05, 4.69) is 84.5 Å². The number of rotatable bonds is 5. The van der Waals surface area contributed by atoms with Gasteiger partial charge in [-0.15, -0.1) is 0 Å². The Bertz CT molecular complexity index is 1210. The number of aromatic nitrogens is 4. The molecular weight excluding hydrogens is 396 g/mol. The second-order valence-corrected chi connectivity index (χ2v) is 8.91. The first-order chi connectivity index (χ1) is 15.5. The molecule has 1 saturated heterocycles. The van der Waals surface area contributed by atoms with E-state index >= 15 is 0 Å². The van der Waals surface area contributed by atoms with Crippen LogP contribution in [-0.2, 0) is 6.54 Å². The Balaban J connectivity index is 1.36. The second kappa shape index (κ2) is 8.43. The normalized spacial score (nSPS) is 15.1. The van der Waals surface area contributed by atoms with E-state index in [0.29, 0.717) is 0 Å². The van der Waals surface area contributed by atoms with Crippen LogP contribution in [0.5, 0.6) is 0 Å². The maximum absolute atomic E-state index is 4.91. The summed E-state index contributed by atoms with van der Waals surface area (Å²) in [5.41, 5.74) is 8.00. The predicted octanol–water partition coefficient (Wildman–Crippen LogP) is 4.25. The van der Waals surface area contributed by atoms with Crippen molar-refractivity contribution >= 4 is 11.5 Å². The summed E-state index contributed by atoms with van der Waals surface area (Å²) in [7, 11) is 0. The van der Waals surface area contributed by atoms with Gasteiger partial charge in [-0.05, 0) is 45.4 Å². The fourth-order valence-corrected chi connectivity index (χ4v) is 4.89. The highest BCUT2D eigenvalue weighted by Crippen LogP contribution is 2.30. The molecule has 166 valence electrons. The van der Waals surface area contributed by atoms with E-state index in [1.807, 2.05) is 10.6 Å². The molecule has 0 aliphatic carbocycles. The van der Waals surface area contributed by atoms with Crippen molar-refractivity contribution in [3.63, 3.8) is 0 Å². The third-order valence-corrected chi connectivity index (χ3v) is 6.69. The van der Waals surface area contributed by atoms with Crippen molar-refractivity contribution in [2.24, 2.45) is 0 Å². The van der Waals surface area contributed by atoms with Crippen LogP contribution in [0.4, 0.5) is 5.82 Å². The van der Waals surface area contributed by atoms with Crippen LogP contribution in [0.15, 0.2) is 48.5 Å². The number of hydrogen-bond acceptors (Lipinski definition) is 4. The third kappa shape index (κ3) is 3.79.